The first-order valence-corrected chi connectivity index (χ1v) is 7.92. The number of carbonyl (C=O) groups is 1. The van der Waals surface area contributed by atoms with Gasteiger partial charge < -0.3 is 5.11 Å². The van der Waals surface area contributed by atoms with E-state index in [-0.39, 0.29) is 11.4 Å². The number of hydrazone groups is 1. The Balaban J connectivity index is 1.68. The molecule has 0 unspecified atom stereocenters. The summed E-state index contributed by atoms with van der Waals surface area (Å²) < 4.78 is 0. The van der Waals surface area contributed by atoms with Crippen molar-refractivity contribution in [2.75, 3.05) is 0 Å². The van der Waals surface area contributed by atoms with Gasteiger partial charge in [-0.3, -0.25) is 9.89 Å². The fourth-order valence-electron chi connectivity index (χ4n) is 2.03. The molecule has 0 saturated heterocycles. The van der Waals surface area contributed by atoms with Crippen LogP contribution in [-0.4, -0.2) is 27.4 Å². The van der Waals surface area contributed by atoms with Gasteiger partial charge >= 0.3 is 0 Å². The van der Waals surface area contributed by atoms with Crippen LogP contribution in [0.1, 0.15) is 16.1 Å². The minimum absolute atomic E-state index is 0.161. The Morgan fingerprint density at radius 1 is 1.12 bits per heavy atom. The molecule has 1 amide bonds. The first-order valence-electron chi connectivity index (χ1n) is 7.16. The molecule has 0 saturated carbocycles. The maximum Gasteiger partial charge on any atom is 0.289 e. The number of benzene rings is 2. The van der Waals surface area contributed by atoms with E-state index in [1.54, 1.807) is 36.4 Å². The second-order valence-corrected chi connectivity index (χ2v) is 5.90. The number of hydrogen-bond acceptors (Lipinski definition) is 4. The van der Waals surface area contributed by atoms with Gasteiger partial charge in [0.05, 0.1) is 22.0 Å². The standard InChI is InChI=1S/C17H12Cl2N4O2/c18-13-6-3-11(7-14(13)19)15-8-16(22-21-15)17(25)23-20-9-10-1-4-12(24)5-2-10/h1-9,24H,(H,21,22)(H,23,25). The summed E-state index contributed by atoms with van der Waals surface area (Å²) in [6, 6.07) is 13.1. The zero-order valence-electron chi connectivity index (χ0n) is 12.7. The Kier molecular flexibility index (Phi) is 5.02. The minimum atomic E-state index is -0.436. The van der Waals surface area contributed by atoms with Gasteiger partial charge in [0, 0.05) is 5.56 Å². The van der Waals surface area contributed by atoms with Crippen LogP contribution in [0.2, 0.25) is 10.0 Å². The number of phenols is 1. The van der Waals surface area contributed by atoms with Gasteiger partial charge in [0.25, 0.3) is 5.91 Å². The second kappa shape index (κ2) is 7.38. The predicted molar refractivity (Wildman–Crippen MR) is 97.2 cm³/mol. The van der Waals surface area contributed by atoms with Crippen LogP contribution in [0, 0.1) is 0 Å². The number of H-pyrrole nitrogens is 1. The van der Waals surface area contributed by atoms with Gasteiger partial charge in [-0.1, -0.05) is 29.3 Å². The van der Waals surface area contributed by atoms with Crippen molar-refractivity contribution in [2.24, 2.45) is 5.10 Å². The molecular weight excluding hydrogens is 363 g/mol. The fourth-order valence-corrected chi connectivity index (χ4v) is 2.33. The lowest BCUT2D eigenvalue weighted by atomic mass is 10.1. The van der Waals surface area contributed by atoms with Crippen molar-refractivity contribution in [1.29, 1.82) is 0 Å². The Labute approximate surface area is 153 Å². The van der Waals surface area contributed by atoms with Gasteiger partial charge in [0.2, 0.25) is 0 Å². The van der Waals surface area contributed by atoms with Crippen LogP contribution < -0.4 is 5.43 Å². The van der Waals surface area contributed by atoms with E-state index < -0.39 is 5.91 Å². The van der Waals surface area contributed by atoms with E-state index >= 15 is 0 Å². The van der Waals surface area contributed by atoms with Gasteiger partial charge in [-0.25, -0.2) is 5.43 Å². The summed E-state index contributed by atoms with van der Waals surface area (Å²) in [5.41, 5.74) is 4.68. The van der Waals surface area contributed by atoms with Gasteiger partial charge in [-0.05, 0) is 48.0 Å². The monoisotopic (exact) mass is 374 g/mol. The largest absolute Gasteiger partial charge is 0.508 e. The highest BCUT2D eigenvalue weighted by atomic mass is 35.5. The first-order chi connectivity index (χ1) is 12.0. The molecule has 3 aromatic rings. The smallest absolute Gasteiger partial charge is 0.289 e. The lowest BCUT2D eigenvalue weighted by Crippen LogP contribution is -2.17. The number of nitrogens with one attached hydrogen (secondary N) is 2. The summed E-state index contributed by atoms with van der Waals surface area (Å²) >= 11 is 11.9. The topological polar surface area (TPSA) is 90.4 Å². The van der Waals surface area contributed by atoms with Crippen LogP contribution >= 0.6 is 23.2 Å². The molecule has 0 aliphatic rings. The molecule has 8 heteroatoms. The van der Waals surface area contributed by atoms with Crippen LogP contribution in [-0.2, 0) is 0 Å². The van der Waals surface area contributed by atoms with Crippen LogP contribution in [0.5, 0.6) is 5.75 Å². The third kappa shape index (κ3) is 4.17. The molecule has 1 aromatic heterocycles. The third-order valence-electron chi connectivity index (χ3n) is 3.31. The average molecular weight is 375 g/mol. The van der Waals surface area contributed by atoms with Gasteiger partial charge in [-0.15, -0.1) is 0 Å². The minimum Gasteiger partial charge on any atom is -0.508 e. The molecule has 0 atom stereocenters. The van der Waals surface area contributed by atoms with E-state index in [2.05, 4.69) is 20.7 Å². The second-order valence-electron chi connectivity index (χ2n) is 5.09. The molecule has 0 radical (unpaired) electrons. The molecular formula is C17H12Cl2N4O2. The van der Waals surface area contributed by atoms with E-state index in [4.69, 9.17) is 23.2 Å². The van der Waals surface area contributed by atoms with Gasteiger partial charge in [0.15, 0.2) is 0 Å². The molecule has 3 N–H and O–H groups in total. The lowest BCUT2D eigenvalue weighted by Gasteiger charge is -1.99. The number of aromatic hydroxyl groups is 1. The molecule has 3 rings (SSSR count). The molecule has 2 aromatic carbocycles. The van der Waals surface area contributed by atoms with E-state index in [0.29, 0.717) is 15.7 Å². The van der Waals surface area contributed by atoms with E-state index in [9.17, 15) is 9.90 Å². The highest BCUT2D eigenvalue weighted by molar-refractivity contribution is 6.42. The zero-order valence-corrected chi connectivity index (χ0v) is 14.2. The van der Waals surface area contributed by atoms with E-state index in [0.717, 1.165) is 11.1 Å². The average Bonchev–Trinajstić information content (AvgIpc) is 3.09. The quantitative estimate of drug-likeness (QED) is 0.478. The van der Waals surface area contributed by atoms with Crippen molar-refractivity contribution < 1.29 is 9.90 Å². The molecule has 1 heterocycles. The summed E-state index contributed by atoms with van der Waals surface area (Å²) in [6.07, 6.45) is 1.47. The molecule has 0 bridgehead atoms. The molecule has 126 valence electrons. The number of amides is 1. The Morgan fingerprint density at radius 3 is 2.60 bits per heavy atom. The number of hydrogen-bond donors (Lipinski definition) is 3. The summed E-state index contributed by atoms with van der Waals surface area (Å²) in [5, 5.41) is 20.7. The number of aromatic amines is 1. The summed E-state index contributed by atoms with van der Waals surface area (Å²) in [4.78, 5) is 12.1. The zero-order chi connectivity index (χ0) is 17.8. The maximum absolute atomic E-state index is 12.1. The van der Waals surface area contributed by atoms with Gasteiger partial charge in [-0.2, -0.15) is 10.2 Å². The number of rotatable bonds is 4. The van der Waals surface area contributed by atoms with E-state index in [1.165, 1.54) is 18.3 Å². The van der Waals surface area contributed by atoms with Crippen LogP contribution in [0.3, 0.4) is 0 Å². The summed E-state index contributed by atoms with van der Waals surface area (Å²) in [7, 11) is 0. The molecule has 0 aliphatic heterocycles. The van der Waals surface area contributed by atoms with Crippen molar-refractivity contribution in [3.8, 4) is 17.0 Å². The van der Waals surface area contributed by atoms with Crippen molar-refractivity contribution in [2.45, 2.75) is 0 Å². The highest BCUT2D eigenvalue weighted by Gasteiger charge is 2.11. The number of phenolic OH excluding ortho intramolecular Hbond substituents is 1. The number of halogens is 2. The summed E-state index contributed by atoms with van der Waals surface area (Å²) in [6.45, 7) is 0. The highest BCUT2D eigenvalue weighted by Crippen LogP contribution is 2.27. The van der Waals surface area contributed by atoms with Crippen molar-refractivity contribution in [3.05, 3.63) is 69.8 Å². The van der Waals surface area contributed by atoms with E-state index in [1.807, 2.05) is 0 Å². The predicted octanol–water partition coefficient (Wildman–Crippen LogP) is 3.85. The van der Waals surface area contributed by atoms with Crippen molar-refractivity contribution >= 4 is 35.3 Å². The van der Waals surface area contributed by atoms with Crippen LogP contribution in [0.4, 0.5) is 0 Å². The maximum atomic E-state index is 12.1. The van der Waals surface area contributed by atoms with Crippen LogP contribution in [0.15, 0.2) is 53.6 Å². The molecule has 6 nitrogen and oxygen atoms in total. The normalized spacial score (nSPS) is 11.0. The third-order valence-corrected chi connectivity index (χ3v) is 4.05. The molecule has 0 fully saturated rings. The summed E-state index contributed by atoms with van der Waals surface area (Å²) in [5.74, 6) is -0.276. The van der Waals surface area contributed by atoms with Crippen molar-refractivity contribution in [1.82, 2.24) is 15.6 Å². The molecule has 0 aliphatic carbocycles. The Bertz CT molecular complexity index is 936. The Morgan fingerprint density at radius 2 is 1.88 bits per heavy atom. The Hall–Kier alpha value is -2.83. The number of carbonyl (C=O) groups excluding carboxylic acids is 1. The van der Waals surface area contributed by atoms with Crippen molar-refractivity contribution in [3.63, 3.8) is 0 Å². The SMILES string of the molecule is O=C(NN=Cc1ccc(O)cc1)c1cc(-c2ccc(Cl)c(Cl)c2)n[nH]1. The fraction of sp³-hybridized carbons (Fsp3) is 0. The van der Waals surface area contributed by atoms with Gasteiger partial charge in [0.1, 0.15) is 11.4 Å². The van der Waals surface area contributed by atoms with Crippen LogP contribution in [0.25, 0.3) is 11.3 Å². The number of nitrogens with zero attached hydrogens (tertiary/aromatic N) is 2. The first kappa shape index (κ1) is 17.0. The number of aromatic nitrogens is 2. The molecule has 25 heavy (non-hydrogen) atoms. The lowest BCUT2D eigenvalue weighted by molar-refractivity contribution is 0.0950. The molecule has 0 spiro atoms.